The Morgan fingerprint density at radius 2 is 1.40 bits per heavy atom. The van der Waals surface area contributed by atoms with Crippen molar-refractivity contribution >= 4 is 0 Å². The van der Waals surface area contributed by atoms with Crippen molar-refractivity contribution in [2.24, 2.45) is 45.3 Å². The highest BCUT2D eigenvalue weighted by Crippen LogP contribution is 2.77. The minimum Gasteiger partial charge on any atom is -0.394 e. The molecule has 0 aromatic heterocycles. The first-order valence-corrected chi connectivity index (χ1v) is 20.7. The highest BCUT2D eigenvalue weighted by atomic mass is 16.7. The van der Waals surface area contributed by atoms with Crippen LogP contribution in [0.3, 0.4) is 0 Å². The van der Waals surface area contributed by atoms with Crippen LogP contribution in [-0.4, -0.2) is 140 Å². The zero-order valence-corrected chi connectivity index (χ0v) is 33.7. The van der Waals surface area contributed by atoms with Gasteiger partial charge in [0.25, 0.3) is 0 Å². The van der Waals surface area contributed by atoms with Gasteiger partial charge in [-0.15, -0.1) is 0 Å². The Balaban J connectivity index is 1.09. The van der Waals surface area contributed by atoms with Crippen molar-refractivity contribution < 1.29 is 64.5 Å². The monoisotopic (exact) mass is 780 g/mol. The standard InChI is InChI=1S/C42H68O13/c1-21(2)16-23(52-36-34(49)32(47)30(45)25(18-43)53-36)17-22(3)24-10-12-40(7)27-11-13-42-28(41(27,20-51-42)15-14-39(24,40)6)8-9-29(38(42,4)5)55-37-35(50)33(48)31(46)26(19-44)54-37/h11,13,16,22-37,43-50H,8-10,12,14-15,17-20H2,1-7H3/t22-,23?,24-,25-,26-,27+,28+,29+,30-,31-,32-,33+,34-,35-,36-,37+,39-,40+,41+,42-/m1/s1. The van der Waals surface area contributed by atoms with Crippen LogP contribution in [0.15, 0.2) is 23.8 Å². The van der Waals surface area contributed by atoms with Gasteiger partial charge in [0, 0.05) is 16.7 Å². The molecule has 3 saturated carbocycles. The number of allylic oxidation sites excluding steroid dienone is 2. The molecule has 0 amide bonds. The van der Waals surface area contributed by atoms with E-state index in [0.29, 0.717) is 31.3 Å². The molecule has 7 rings (SSSR count). The maximum Gasteiger partial charge on any atom is 0.187 e. The molecule has 0 aromatic carbocycles. The smallest absolute Gasteiger partial charge is 0.187 e. The lowest BCUT2D eigenvalue weighted by Crippen LogP contribution is -2.66. The van der Waals surface area contributed by atoms with Gasteiger partial charge in [-0.3, -0.25) is 0 Å². The molecule has 0 radical (unpaired) electrons. The van der Waals surface area contributed by atoms with E-state index in [2.05, 4.69) is 46.8 Å². The van der Waals surface area contributed by atoms with E-state index < -0.39 is 91.7 Å². The van der Waals surface area contributed by atoms with Crippen LogP contribution in [0.2, 0.25) is 0 Å². The molecular formula is C42H68O13. The molecule has 55 heavy (non-hydrogen) atoms. The van der Waals surface area contributed by atoms with Crippen LogP contribution in [0, 0.1) is 45.3 Å². The summed E-state index contributed by atoms with van der Waals surface area (Å²) in [5.74, 6) is 1.25. The van der Waals surface area contributed by atoms with Crippen molar-refractivity contribution in [1.82, 2.24) is 0 Å². The largest absolute Gasteiger partial charge is 0.394 e. The lowest BCUT2D eigenvalue weighted by molar-refractivity contribution is -0.329. The van der Waals surface area contributed by atoms with E-state index in [-0.39, 0.29) is 34.2 Å². The van der Waals surface area contributed by atoms with Gasteiger partial charge in [-0.05, 0) is 87.4 Å². The van der Waals surface area contributed by atoms with E-state index in [0.717, 1.165) is 37.7 Å². The molecule has 3 heterocycles. The number of hydrogen-bond acceptors (Lipinski definition) is 13. The van der Waals surface area contributed by atoms with Crippen molar-refractivity contribution in [3.8, 4) is 0 Å². The quantitative estimate of drug-likeness (QED) is 0.150. The van der Waals surface area contributed by atoms with E-state index in [9.17, 15) is 40.9 Å². The fraction of sp³-hybridized carbons (Fsp3) is 0.905. The third-order valence-electron chi connectivity index (χ3n) is 16.5. The maximum atomic E-state index is 10.8. The Morgan fingerprint density at radius 3 is 2.02 bits per heavy atom. The predicted molar refractivity (Wildman–Crippen MR) is 199 cm³/mol. The van der Waals surface area contributed by atoms with Crippen molar-refractivity contribution in [3.05, 3.63) is 23.8 Å². The van der Waals surface area contributed by atoms with Crippen molar-refractivity contribution in [2.75, 3.05) is 19.8 Å². The lowest BCUT2D eigenvalue weighted by atomic mass is 9.38. The highest BCUT2D eigenvalue weighted by Gasteiger charge is 2.75. The van der Waals surface area contributed by atoms with Gasteiger partial charge in [0.05, 0.1) is 37.6 Å². The topological polar surface area (TPSA) is 208 Å². The lowest BCUT2D eigenvalue weighted by Gasteiger charge is -2.65. The number of ether oxygens (including phenoxy) is 5. The van der Waals surface area contributed by atoms with Crippen LogP contribution >= 0.6 is 0 Å². The zero-order valence-electron chi connectivity index (χ0n) is 33.7. The summed E-state index contributed by atoms with van der Waals surface area (Å²) in [5.41, 5.74) is -0.0454. The van der Waals surface area contributed by atoms with Gasteiger partial charge < -0.3 is 64.5 Å². The van der Waals surface area contributed by atoms with Crippen molar-refractivity contribution in [2.45, 2.75) is 173 Å². The normalized spacial score (nSPS) is 52.5. The SMILES string of the molecule is CC(C)=CC(C[C@@H](C)[C@H]1CC[C@@]2(C)[C@@H]3C=C[C@@]45OC[C@]3(CC[C@]12C)[C@@H]4CC[C@H](O[C@@H]1O[C@H](CO)[C@@H](O)[C@H](O)[C@H]1O)C5(C)C)O[C@@H]1O[C@H](CO)[C@@H](O)[C@@H](O)[C@H]1O. The summed E-state index contributed by atoms with van der Waals surface area (Å²) in [4.78, 5) is 0. The second-order valence-corrected chi connectivity index (χ2v) is 19.6. The minimum absolute atomic E-state index is 0.0124. The molecule has 4 aliphatic carbocycles. The molecule has 2 bridgehead atoms. The molecule has 314 valence electrons. The van der Waals surface area contributed by atoms with E-state index in [1.54, 1.807) is 0 Å². The molecule has 1 unspecified atom stereocenters. The zero-order chi connectivity index (χ0) is 40.0. The van der Waals surface area contributed by atoms with E-state index in [1.807, 2.05) is 19.9 Å². The van der Waals surface area contributed by atoms with E-state index in [4.69, 9.17) is 23.7 Å². The van der Waals surface area contributed by atoms with Gasteiger partial charge in [-0.25, -0.2) is 0 Å². The van der Waals surface area contributed by atoms with Crippen LogP contribution in [0.4, 0.5) is 0 Å². The summed E-state index contributed by atoms with van der Waals surface area (Å²) in [6, 6.07) is 0. The van der Waals surface area contributed by atoms with Crippen molar-refractivity contribution in [1.29, 1.82) is 0 Å². The fourth-order valence-corrected chi connectivity index (χ4v) is 13.2. The van der Waals surface area contributed by atoms with Crippen LogP contribution < -0.4 is 0 Å². The van der Waals surface area contributed by atoms with Crippen LogP contribution in [-0.2, 0) is 23.7 Å². The third-order valence-corrected chi connectivity index (χ3v) is 16.5. The minimum atomic E-state index is -1.50. The molecule has 8 N–H and O–H groups in total. The summed E-state index contributed by atoms with van der Waals surface area (Å²) in [7, 11) is 0. The number of aliphatic hydroxyl groups is 8. The summed E-state index contributed by atoms with van der Waals surface area (Å²) in [5, 5.41) is 82.6. The Morgan fingerprint density at radius 1 is 0.782 bits per heavy atom. The third kappa shape index (κ3) is 6.28. The first-order valence-electron chi connectivity index (χ1n) is 20.7. The summed E-state index contributed by atoms with van der Waals surface area (Å²) in [6.45, 7) is 15.2. The Bertz CT molecular complexity index is 1450. The summed E-state index contributed by atoms with van der Waals surface area (Å²) < 4.78 is 31.4. The molecule has 20 atom stereocenters. The highest BCUT2D eigenvalue weighted by molar-refractivity contribution is 5.33. The number of rotatable bonds is 10. The van der Waals surface area contributed by atoms with Gasteiger partial charge in [0.2, 0.25) is 0 Å². The van der Waals surface area contributed by atoms with Gasteiger partial charge in [-0.2, -0.15) is 0 Å². The molecule has 3 saturated heterocycles. The van der Waals surface area contributed by atoms with E-state index >= 15 is 0 Å². The van der Waals surface area contributed by atoms with Crippen LogP contribution in [0.25, 0.3) is 0 Å². The fourth-order valence-electron chi connectivity index (χ4n) is 13.2. The average Bonchev–Trinajstić information content (AvgIpc) is 3.53. The Labute approximate surface area is 325 Å². The number of hydrogen-bond donors (Lipinski definition) is 8. The number of fused-ring (bicyclic) bond motifs is 2. The molecule has 6 fully saturated rings. The van der Waals surface area contributed by atoms with Gasteiger partial charge in [0.15, 0.2) is 12.6 Å². The summed E-state index contributed by atoms with van der Waals surface area (Å²) >= 11 is 0. The molecule has 1 spiro atoms. The molecular weight excluding hydrogens is 712 g/mol. The Kier molecular flexibility index (Phi) is 11.4. The van der Waals surface area contributed by atoms with Gasteiger partial charge >= 0.3 is 0 Å². The Hall–Kier alpha value is -1.04. The molecule has 3 aliphatic heterocycles. The van der Waals surface area contributed by atoms with Crippen molar-refractivity contribution in [3.63, 3.8) is 0 Å². The molecule has 13 nitrogen and oxygen atoms in total. The number of aliphatic hydroxyl groups excluding tert-OH is 8. The summed E-state index contributed by atoms with van der Waals surface area (Å²) in [6.07, 6.45) is -0.710. The van der Waals surface area contributed by atoms with Gasteiger partial charge in [0.1, 0.15) is 48.8 Å². The second-order valence-electron chi connectivity index (χ2n) is 19.6. The first-order chi connectivity index (χ1) is 25.8. The van der Waals surface area contributed by atoms with Crippen LogP contribution in [0.5, 0.6) is 0 Å². The maximum absolute atomic E-state index is 10.8. The van der Waals surface area contributed by atoms with Crippen LogP contribution in [0.1, 0.15) is 93.4 Å². The molecule has 0 aromatic rings. The molecule has 7 aliphatic rings. The molecule has 13 heteroatoms. The first kappa shape index (κ1) is 42.1. The van der Waals surface area contributed by atoms with E-state index in [1.165, 1.54) is 0 Å². The predicted octanol–water partition coefficient (Wildman–Crippen LogP) is 1.94. The average molecular weight is 781 g/mol. The van der Waals surface area contributed by atoms with Gasteiger partial charge in [-0.1, -0.05) is 58.4 Å². The second kappa shape index (κ2) is 14.9.